The number of benzene rings is 2. The summed E-state index contributed by atoms with van der Waals surface area (Å²) in [7, 11) is 0. The number of fused-ring (bicyclic) bond motifs is 3. The second-order valence-electron chi connectivity index (χ2n) is 3.40. The van der Waals surface area contributed by atoms with E-state index in [2.05, 4.69) is 5.48 Å². The van der Waals surface area contributed by atoms with E-state index in [-0.39, 0.29) is 5.75 Å². The fourth-order valence-corrected chi connectivity index (χ4v) is 1.78. The van der Waals surface area contributed by atoms with Gasteiger partial charge in [-0.1, -0.05) is 24.3 Å². The summed E-state index contributed by atoms with van der Waals surface area (Å²) >= 11 is 0. The minimum Gasteiger partial charge on any atom is -0.507 e. The first-order valence-electron chi connectivity index (χ1n) is 4.70. The highest BCUT2D eigenvalue weighted by Gasteiger charge is 2.19. The zero-order valence-electron chi connectivity index (χ0n) is 7.90. The Morgan fingerprint density at radius 3 is 2.80 bits per heavy atom. The van der Waals surface area contributed by atoms with Gasteiger partial charge in [0.05, 0.1) is 11.3 Å². The zero-order chi connectivity index (χ0) is 10.3. The molecule has 0 radical (unpaired) electrons. The Labute approximate surface area is 86.9 Å². The molecule has 2 N–H and O–H groups in total. The van der Waals surface area contributed by atoms with Crippen molar-refractivity contribution in [2.24, 2.45) is 0 Å². The van der Waals surface area contributed by atoms with E-state index in [4.69, 9.17) is 4.84 Å². The fraction of sp³-hybridized carbons (Fsp3) is 0. The van der Waals surface area contributed by atoms with Crippen LogP contribution in [-0.4, -0.2) is 5.11 Å². The highest BCUT2D eigenvalue weighted by atomic mass is 16.6. The first-order valence-corrected chi connectivity index (χ1v) is 4.70. The monoisotopic (exact) mass is 199 g/mol. The molecule has 0 saturated heterocycles. The SMILES string of the molecule is Oc1cccc2c1-c1ccccc1ON2. The van der Waals surface area contributed by atoms with Gasteiger partial charge in [0.25, 0.3) is 0 Å². The number of hydrogen-bond acceptors (Lipinski definition) is 3. The van der Waals surface area contributed by atoms with E-state index in [1.54, 1.807) is 12.1 Å². The van der Waals surface area contributed by atoms with Gasteiger partial charge in [-0.25, -0.2) is 5.48 Å². The van der Waals surface area contributed by atoms with Gasteiger partial charge in [0.1, 0.15) is 5.75 Å². The summed E-state index contributed by atoms with van der Waals surface area (Å²) in [6, 6.07) is 12.9. The van der Waals surface area contributed by atoms with E-state index in [0.717, 1.165) is 22.6 Å². The average Bonchev–Trinajstić information content (AvgIpc) is 2.29. The number of phenolic OH excluding ortho intramolecular Hbond substituents is 1. The Morgan fingerprint density at radius 1 is 1.00 bits per heavy atom. The summed E-state index contributed by atoms with van der Waals surface area (Å²) < 4.78 is 0. The van der Waals surface area contributed by atoms with Crippen LogP contribution in [0.3, 0.4) is 0 Å². The van der Waals surface area contributed by atoms with Crippen molar-refractivity contribution < 1.29 is 9.94 Å². The van der Waals surface area contributed by atoms with Crippen LogP contribution in [0.15, 0.2) is 42.5 Å². The van der Waals surface area contributed by atoms with Crippen LogP contribution in [0.1, 0.15) is 0 Å². The number of phenols is 1. The summed E-state index contributed by atoms with van der Waals surface area (Å²) in [4.78, 5) is 5.34. The molecule has 0 fully saturated rings. The molecule has 0 aliphatic carbocycles. The molecule has 3 nitrogen and oxygen atoms in total. The molecule has 0 unspecified atom stereocenters. The van der Waals surface area contributed by atoms with Crippen LogP contribution in [0.25, 0.3) is 11.1 Å². The van der Waals surface area contributed by atoms with Crippen LogP contribution < -0.4 is 10.3 Å². The lowest BCUT2D eigenvalue weighted by atomic mass is 10.0. The van der Waals surface area contributed by atoms with Gasteiger partial charge in [-0.05, 0) is 18.2 Å². The molecular formula is C12H9NO2. The summed E-state index contributed by atoms with van der Waals surface area (Å²) in [5.41, 5.74) is 5.28. The van der Waals surface area contributed by atoms with Crippen molar-refractivity contribution in [2.45, 2.75) is 0 Å². The summed E-state index contributed by atoms with van der Waals surface area (Å²) in [6.45, 7) is 0. The van der Waals surface area contributed by atoms with Crippen LogP contribution in [-0.2, 0) is 0 Å². The number of rotatable bonds is 0. The third kappa shape index (κ3) is 1.13. The lowest BCUT2D eigenvalue weighted by molar-refractivity contribution is 0.399. The molecule has 0 bridgehead atoms. The molecule has 74 valence electrons. The lowest BCUT2D eigenvalue weighted by Gasteiger charge is -2.21. The van der Waals surface area contributed by atoms with Gasteiger partial charge in [-0.3, -0.25) is 0 Å². The number of aromatic hydroxyl groups is 1. The predicted octanol–water partition coefficient (Wildman–Crippen LogP) is 2.78. The third-order valence-electron chi connectivity index (χ3n) is 2.47. The molecule has 1 heterocycles. The van der Waals surface area contributed by atoms with E-state index in [1.165, 1.54) is 0 Å². The van der Waals surface area contributed by atoms with Gasteiger partial charge >= 0.3 is 0 Å². The maximum atomic E-state index is 9.81. The van der Waals surface area contributed by atoms with Crippen LogP contribution in [0.4, 0.5) is 5.69 Å². The van der Waals surface area contributed by atoms with Crippen LogP contribution in [0.5, 0.6) is 11.5 Å². The second-order valence-corrected chi connectivity index (χ2v) is 3.40. The second kappa shape index (κ2) is 2.92. The first-order chi connectivity index (χ1) is 7.36. The van der Waals surface area contributed by atoms with Crippen molar-refractivity contribution in [3.63, 3.8) is 0 Å². The molecule has 0 spiro atoms. The average molecular weight is 199 g/mol. The maximum absolute atomic E-state index is 9.81. The Balaban J connectivity index is 2.33. The third-order valence-corrected chi connectivity index (χ3v) is 2.47. The Hall–Kier alpha value is -2.16. The quantitative estimate of drug-likeness (QED) is 0.685. The van der Waals surface area contributed by atoms with Crippen molar-refractivity contribution in [3.8, 4) is 22.6 Å². The highest BCUT2D eigenvalue weighted by molar-refractivity contribution is 5.87. The molecule has 1 aliphatic heterocycles. The molecule has 1 aliphatic rings. The molecule has 3 rings (SSSR count). The van der Waals surface area contributed by atoms with Gasteiger partial charge in [0, 0.05) is 5.56 Å². The summed E-state index contributed by atoms with van der Waals surface area (Å²) in [5, 5.41) is 9.81. The minimum atomic E-state index is 0.260. The molecule has 0 aromatic heterocycles. The molecule has 3 heteroatoms. The van der Waals surface area contributed by atoms with Crippen LogP contribution >= 0.6 is 0 Å². The zero-order valence-corrected chi connectivity index (χ0v) is 7.90. The number of nitrogens with one attached hydrogen (secondary N) is 1. The van der Waals surface area contributed by atoms with Gasteiger partial charge in [0.2, 0.25) is 0 Å². The van der Waals surface area contributed by atoms with Crippen molar-refractivity contribution in [1.82, 2.24) is 0 Å². The Bertz CT molecular complexity index is 523. The van der Waals surface area contributed by atoms with Crippen molar-refractivity contribution in [1.29, 1.82) is 0 Å². The lowest BCUT2D eigenvalue weighted by Crippen LogP contribution is -2.11. The summed E-state index contributed by atoms with van der Waals surface area (Å²) in [5.74, 6) is 0.988. The van der Waals surface area contributed by atoms with Crippen molar-refractivity contribution in [2.75, 3.05) is 5.48 Å². The fourth-order valence-electron chi connectivity index (χ4n) is 1.78. The molecular weight excluding hydrogens is 190 g/mol. The van der Waals surface area contributed by atoms with E-state index >= 15 is 0 Å². The molecule has 0 atom stereocenters. The molecule has 0 saturated carbocycles. The first kappa shape index (κ1) is 8.17. The Morgan fingerprint density at radius 2 is 1.87 bits per heavy atom. The number of anilines is 1. The topological polar surface area (TPSA) is 41.5 Å². The summed E-state index contributed by atoms with van der Waals surface area (Å²) in [6.07, 6.45) is 0. The Kier molecular flexibility index (Phi) is 1.59. The van der Waals surface area contributed by atoms with Gasteiger partial charge in [0.15, 0.2) is 5.75 Å². The minimum absolute atomic E-state index is 0.260. The number of para-hydroxylation sites is 1. The molecule has 2 aromatic rings. The van der Waals surface area contributed by atoms with Crippen molar-refractivity contribution in [3.05, 3.63) is 42.5 Å². The normalized spacial score (nSPS) is 12.0. The van der Waals surface area contributed by atoms with Gasteiger partial charge in [-0.15, -0.1) is 0 Å². The standard InChI is InChI=1S/C12H9NO2/c14-10-6-3-5-9-12(10)8-4-1-2-7-11(8)15-13-9/h1-7,13-14H. The van der Waals surface area contributed by atoms with E-state index < -0.39 is 0 Å². The van der Waals surface area contributed by atoms with Gasteiger partial charge in [-0.2, -0.15) is 0 Å². The molecule has 15 heavy (non-hydrogen) atoms. The smallest absolute Gasteiger partial charge is 0.163 e. The van der Waals surface area contributed by atoms with Crippen molar-refractivity contribution >= 4 is 5.69 Å². The molecule has 0 amide bonds. The van der Waals surface area contributed by atoms with E-state index in [0.29, 0.717) is 0 Å². The predicted molar refractivity (Wildman–Crippen MR) is 57.8 cm³/mol. The highest BCUT2D eigenvalue weighted by Crippen LogP contribution is 2.43. The van der Waals surface area contributed by atoms with Gasteiger partial charge < -0.3 is 9.94 Å². The van der Waals surface area contributed by atoms with E-state index in [9.17, 15) is 5.11 Å². The molecule has 2 aromatic carbocycles. The van der Waals surface area contributed by atoms with Crippen LogP contribution in [0.2, 0.25) is 0 Å². The number of hydrogen-bond donors (Lipinski definition) is 2. The van der Waals surface area contributed by atoms with E-state index in [1.807, 2.05) is 30.3 Å². The van der Waals surface area contributed by atoms with Crippen LogP contribution in [0, 0.1) is 0 Å². The maximum Gasteiger partial charge on any atom is 0.163 e. The largest absolute Gasteiger partial charge is 0.507 e.